The first-order valence-corrected chi connectivity index (χ1v) is 47.4. The standard InChI is InChI=1S/C86H168O17P2/c1-8-10-11-12-13-14-15-16-17-18-19-20-21-22-25-31-36-41-46-55-62-69-85(90)102-81(73-96-83(88)67-60-53-45-40-35-30-26-23-24-28-33-38-43-50-57-64-77(3)4)75-100-104(92,93)98-71-80(87)72-99-105(94,95)101-76-82(74-97-84(89)68-61-54-49-48-52-59-66-79(7)9-2)103-86(91)70-63-56-47-42-37-32-27-29-34-39-44-51-58-65-78(5)6/h77-82,87H,8-76H2,1-7H3,(H,92,93)(H,94,95)/t79?,80-,81-,82-/m1/s1. The van der Waals surface area contributed by atoms with Crippen molar-refractivity contribution in [2.75, 3.05) is 39.6 Å². The topological polar surface area (TPSA) is 237 Å². The van der Waals surface area contributed by atoms with Crippen LogP contribution in [-0.4, -0.2) is 96.7 Å². The average Bonchev–Trinajstić information content (AvgIpc) is 0.910. The smallest absolute Gasteiger partial charge is 0.462 e. The maximum absolute atomic E-state index is 13.1. The van der Waals surface area contributed by atoms with Crippen LogP contribution >= 0.6 is 15.6 Å². The number of hydrogen-bond acceptors (Lipinski definition) is 15. The van der Waals surface area contributed by atoms with Gasteiger partial charge in [-0.05, 0) is 43.4 Å². The van der Waals surface area contributed by atoms with E-state index in [9.17, 15) is 43.2 Å². The van der Waals surface area contributed by atoms with Gasteiger partial charge in [0.15, 0.2) is 12.2 Å². The number of aliphatic hydroxyl groups excluding tert-OH is 1. The summed E-state index contributed by atoms with van der Waals surface area (Å²) in [6.45, 7) is 12.0. The van der Waals surface area contributed by atoms with Crippen LogP contribution in [0.25, 0.3) is 0 Å². The van der Waals surface area contributed by atoms with Crippen LogP contribution in [0.3, 0.4) is 0 Å². The third-order valence-electron chi connectivity index (χ3n) is 20.5. The van der Waals surface area contributed by atoms with Crippen molar-refractivity contribution >= 4 is 39.5 Å². The summed E-state index contributed by atoms with van der Waals surface area (Å²) >= 11 is 0. The van der Waals surface area contributed by atoms with Crippen molar-refractivity contribution < 1.29 is 80.2 Å². The van der Waals surface area contributed by atoms with Crippen LogP contribution in [0.1, 0.15) is 453 Å². The Morgan fingerprint density at radius 1 is 0.276 bits per heavy atom. The molecule has 0 saturated carbocycles. The summed E-state index contributed by atoms with van der Waals surface area (Å²) in [5, 5.41) is 10.7. The molecule has 0 aromatic carbocycles. The molecule has 0 amide bonds. The zero-order valence-corrected chi connectivity index (χ0v) is 71.0. The van der Waals surface area contributed by atoms with Crippen LogP contribution in [-0.2, 0) is 65.4 Å². The normalized spacial score (nSPS) is 14.1. The highest BCUT2D eigenvalue weighted by molar-refractivity contribution is 7.47. The highest BCUT2D eigenvalue weighted by atomic mass is 31.2. The van der Waals surface area contributed by atoms with Crippen molar-refractivity contribution in [3.05, 3.63) is 0 Å². The number of phosphoric acid groups is 2. The molecule has 0 rings (SSSR count). The second kappa shape index (κ2) is 76.1. The fourth-order valence-corrected chi connectivity index (χ4v) is 14.9. The van der Waals surface area contributed by atoms with Gasteiger partial charge in [0, 0.05) is 25.7 Å². The summed E-state index contributed by atoms with van der Waals surface area (Å²) in [4.78, 5) is 73.2. The molecule has 105 heavy (non-hydrogen) atoms. The van der Waals surface area contributed by atoms with E-state index in [1.165, 1.54) is 257 Å². The molecule has 0 radical (unpaired) electrons. The Kier molecular flexibility index (Phi) is 74.7. The van der Waals surface area contributed by atoms with Gasteiger partial charge in [0.05, 0.1) is 26.4 Å². The molecule has 624 valence electrons. The van der Waals surface area contributed by atoms with Gasteiger partial charge in [0.1, 0.15) is 19.3 Å². The Balaban J connectivity index is 5.23. The van der Waals surface area contributed by atoms with Crippen molar-refractivity contribution in [2.45, 2.75) is 471 Å². The van der Waals surface area contributed by atoms with E-state index >= 15 is 0 Å². The molecule has 0 heterocycles. The predicted octanol–water partition coefficient (Wildman–Crippen LogP) is 26.1. The van der Waals surface area contributed by atoms with E-state index < -0.39 is 97.5 Å². The molecule has 0 aromatic heterocycles. The van der Waals surface area contributed by atoms with Gasteiger partial charge in [-0.15, -0.1) is 0 Å². The lowest BCUT2D eigenvalue weighted by Gasteiger charge is -2.21. The highest BCUT2D eigenvalue weighted by Gasteiger charge is 2.30. The third-order valence-corrected chi connectivity index (χ3v) is 22.4. The van der Waals surface area contributed by atoms with E-state index in [0.29, 0.717) is 25.7 Å². The van der Waals surface area contributed by atoms with Crippen LogP contribution in [0.4, 0.5) is 0 Å². The fraction of sp³-hybridized carbons (Fsp3) is 0.953. The Labute approximate surface area is 645 Å². The highest BCUT2D eigenvalue weighted by Crippen LogP contribution is 2.45. The van der Waals surface area contributed by atoms with Crippen molar-refractivity contribution in [1.82, 2.24) is 0 Å². The number of carbonyl (C=O) groups excluding carboxylic acids is 4. The predicted molar refractivity (Wildman–Crippen MR) is 432 cm³/mol. The number of unbranched alkanes of at least 4 members (excludes halogenated alkanes) is 51. The lowest BCUT2D eigenvalue weighted by atomic mass is 10.00. The van der Waals surface area contributed by atoms with E-state index in [1.807, 2.05) is 0 Å². The molecule has 0 saturated heterocycles. The molecular formula is C86H168O17P2. The van der Waals surface area contributed by atoms with Gasteiger partial charge in [0.2, 0.25) is 0 Å². The molecule has 0 bridgehead atoms. The number of hydrogen-bond donors (Lipinski definition) is 3. The van der Waals surface area contributed by atoms with Crippen LogP contribution in [0.5, 0.6) is 0 Å². The first-order valence-electron chi connectivity index (χ1n) is 44.4. The zero-order valence-electron chi connectivity index (χ0n) is 69.2. The van der Waals surface area contributed by atoms with Crippen LogP contribution in [0, 0.1) is 17.8 Å². The molecular weight excluding hydrogens is 1370 g/mol. The number of rotatable bonds is 84. The van der Waals surface area contributed by atoms with Gasteiger partial charge in [-0.3, -0.25) is 37.3 Å². The van der Waals surface area contributed by atoms with Gasteiger partial charge in [-0.2, -0.15) is 0 Å². The van der Waals surface area contributed by atoms with Crippen molar-refractivity contribution in [3.63, 3.8) is 0 Å². The number of aliphatic hydroxyl groups is 1. The number of esters is 4. The van der Waals surface area contributed by atoms with Gasteiger partial charge in [0.25, 0.3) is 0 Å². The largest absolute Gasteiger partial charge is 0.472 e. The molecule has 0 spiro atoms. The minimum atomic E-state index is -4.97. The van der Waals surface area contributed by atoms with Crippen molar-refractivity contribution in [2.24, 2.45) is 17.8 Å². The first kappa shape index (κ1) is 103. The van der Waals surface area contributed by atoms with E-state index in [-0.39, 0.29) is 25.7 Å². The lowest BCUT2D eigenvalue weighted by Crippen LogP contribution is -2.30. The number of ether oxygens (including phenoxy) is 4. The van der Waals surface area contributed by atoms with Gasteiger partial charge in [-0.25, -0.2) is 9.13 Å². The Bertz CT molecular complexity index is 2030. The molecule has 0 aliphatic rings. The Hall–Kier alpha value is -1.94. The molecule has 3 N–H and O–H groups in total. The van der Waals surface area contributed by atoms with Crippen LogP contribution in [0.2, 0.25) is 0 Å². The maximum Gasteiger partial charge on any atom is 0.472 e. The molecule has 3 unspecified atom stereocenters. The third kappa shape index (κ3) is 78.5. The molecule has 0 fully saturated rings. The van der Waals surface area contributed by atoms with Gasteiger partial charge in [-0.1, -0.05) is 402 Å². The molecule has 0 aliphatic carbocycles. The minimum Gasteiger partial charge on any atom is -0.462 e. The van der Waals surface area contributed by atoms with Crippen molar-refractivity contribution in [1.29, 1.82) is 0 Å². The van der Waals surface area contributed by atoms with E-state index in [1.54, 1.807) is 0 Å². The monoisotopic (exact) mass is 1540 g/mol. The summed E-state index contributed by atoms with van der Waals surface area (Å²) in [5.74, 6) is 0.217. The summed E-state index contributed by atoms with van der Waals surface area (Å²) in [5.41, 5.74) is 0. The van der Waals surface area contributed by atoms with Gasteiger partial charge >= 0.3 is 39.5 Å². The second-order valence-corrected chi connectivity index (χ2v) is 35.0. The quantitative estimate of drug-likeness (QED) is 0.0222. The minimum absolute atomic E-state index is 0.106. The van der Waals surface area contributed by atoms with Crippen LogP contribution < -0.4 is 0 Å². The maximum atomic E-state index is 13.1. The second-order valence-electron chi connectivity index (χ2n) is 32.1. The molecule has 17 nitrogen and oxygen atoms in total. The van der Waals surface area contributed by atoms with E-state index in [0.717, 1.165) is 114 Å². The van der Waals surface area contributed by atoms with Crippen LogP contribution in [0.15, 0.2) is 0 Å². The van der Waals surface area contributed by atoms with Gasteiger partial charge < -0.3 is 33.8 Å². The fourth-order valence-electron chi connectivity index (χ4n) is 13.3. The summed E-state index contributed by atoms with van der Waals surface area (Å²) in [6, 6.07) is 0. The molecule has 0 aliphatic heterocycles. The Morgan fingerprint density at radius 3 is 0.724 bits per heavy atom. The van der Waals surface area contributed by atoms with E-state index in [4.69, 9.17) is 37.0 Å². The molecule has 0 aromatic rings. The van der Waals surface area contributed by atoms with Crippen molar-refractivity contribution in [3.8, 4) is 0 Å². The number of carbonyl (C=O) groups is 4. The van der Waals surface area contributed by atoms with E-state index in [2.05, 4.69) is 48.5 Å². The molecule has 19 heteroatoms. The zero-order chi connectivity index (χ0) is 77.2. The Morgan fingerprint density at radius 2 is 0.486 bits per heavy atom. The SMILES string of the molecule is CCCCCCCCCCCCCCCCCCCCCCCC(=O)O[C@H](COC(=O)CCCCCCCCCCCCCCCCCC(C)C)COP(=O)(O)OC[C@@H](O)COP(=O)(O)OC[C@@H](COC(=O)CCCCCCCCC(C)CC)OC(=O)CCCCCCCCCCCCCCCC(C)C. The summed E-state index contributed by atoms with van der Waals surface area (Å²) < 4.78 is 68.9. The molecule has 6 atom stereocenters. The number of phosphoric ester groups is 2. The lowest BCUT2D eigenvalue weighted by molar-refractivity contribution is -0.161. The summed E-state index contributed by atoms with van der Waals surface area (Å²) in [6.07, 6.45) is 66.7. The first-order chi connectivity index (χ1) is 50.8. The average molecular weight is 1540 g/mol. The summed E-state index contributed by atoms with van der Waals surface area (Å²) in [7, 11) is -9.93.